The lowest BCUT2D eigenvalue weighted by Crippen LogP contribution is -2.47. The average Bonchev–Trinajstić information content (AvgIpc) is 2.47. The van der Waals surface area contributed by atoms with Gasteiger partial charge in [-0.15, -0.1) is 0 Å². The molecule has 8 nitrogen and oxygen atoms in total. The monoisotopic (exact) mass is 281 g/mol. The molecule has 110 valence electrons. The largest absolute Gasteiger partial charge is 0.388 e. The first-order valence-corrected chi connectivity index (χ1v) is 6.38. The summed E-state index contributed by atoms with van der Waals surface area (Å²) in [6, 6.07) is 0. The Morgan fingerprint density at radius 2 is 2.20 bits per heavy atom. The zero-order chi connectivity index (χ0) is 14.6. The molecule has 2 rings (SSSR count). The van der Waals surface area contributed by atoms with E-state index in [2.05, 4.69) is 15.4 Å². The molecular weight excluding hydrogens is 262 g/mol. The van der Waals surface area contributed by atoms with Gasteiger partial charge in [-0.2, -0.15) is 0 Å². The third-order valence-corrected chi connectivity index (χ3v) is 3.32. The van der Waals surface area contributed by atoms with Crippen molar-refractivity contribution < 1.29 is 14.6 Å². The molecule has 20 heavy (non-hydrogen) atoms. The molecule has 0 radical (unpaired) electrons. The standard InChI is InChI=1S/C12H19N5O3/c1-17(8-12(19)2-4-20-5-3-12)11(18)9-6-15-10(16-13)7-14-9/h6-7,19H,2-5,8,13H2,1H3,(H,15,16). The quantitative estimate of drug-likeness (QED) is 0.497. The molecule has 1 saturated heterocycles. The van der Waals surface area contributed by atoms with Crippen LogP contribution in [0.25, 0.3) is 0 Å². The molecule has 1 aliphatic heterocycles. The van der Waals surface area contributed by atoms with E-state index in [-0.39, 0.29) is 18.1 Å². The van der Waals surface area contributed by atoms with E-state index in [9.17, 15) is 9.90 Å². The van der Waals surface area contributed by atoms with E-state index in [1.807, 2.05) is 0 Å². The van der Waals surface area contributed by atoms with Gasteiger partial charge in [0.1, 0.15) is 5.69 Å². The molecule has 0 aromatic carbocycles. The molecule has 1 aromatic rings. The number of hydrazine groups is 1. The number of nitrogen functional groups attached to an aromatic ring is 1. The second kappa shape index (κ2) is 6.12. The van der Waals surface area contributed by atoms with Crippen LogP contribution in [0.5, 0.6) is 0 Å². The summed E-state index contributed by atoms with van der Waals surface area (Å²) >= 11 is 0. The number of nitrogens with zero attached hydrogens (tertiary/aromatic N) is 3. The molecule has 4 N–H and O–H groups in total. The number of ether oxygens (including phenoxy) is 1. The van der Waals surface area contributed by atoms with Crippen molar-refractivity contribution in [1.29, 1.82) is 0 Å². The Balaban J connectivity index is 2.00. The first-order chi connectivity index (χ1) is 9.54. The minimum atomic E-state index is -0.894. The van der Waals surface area contributed by atoms with Crippen LogP contribution in [0.2, 0.25) is 0 Å². The molecule has 0 aliphatic carbocycles. The zero-order valence-electron chi connectivity index (χ0n) is 11.4. The van der Waals surface area contributed by atoms with Crippen LogP contribution >= 0.6 is 0 Å². The number of aromatic nitrogens is 2. The molecule has 2 heterocycles. The molecular formula is C12H19N5O3. The van der Waals surface area contributed by atoms with Gasteiger partial charge in [0.2, 0.25) is 0 Å². The van der Waals surface area contributed by atoms with Gasteiger partial charge >= 0.3 is 0 Å². The van der Waals surface area contributed by atoms with E-state index in [0.29, 0.717) is 31.9 Å². The van der Waals surface area contributed by atoms with Gasteiger partial charge < -0.3 is 20.2 Å². The summed E-state index contributed by atoms with van der Waals surface area (Å²) in [6.45, 7) is 1.26. The van der Waals surface area contributed by atoms with Crippen molar-refractivity contribution in [3.63, 3.8) is 0 Å². The van der Waals surface area contributed by atoms with E-state index >= 15 is 0 Å². The molecule has 0 saturated carbocycles. The summed E-state index contributed by atoms with van der Waals surface area (Å²) < 4.78 is 5.21. The highest BCUT2D eigenvalue weighted by Crippen LogP contribution is 2.21. The summed E-state index contributed by atoms with van der Waals surface area (Å²) in [5.41, 5.74) is 1.66. The SMILES string of the molecule is CN(CC1(O)CCOCC1)C(=O)c1cnc(NN)cn1. The summed E-state index contributed by atoms with van der Waals surface area (Å²) in [5.74, 6) is 5.28. The lowest BCUT2D eigenvalue weighted by atomic mass is 9.94. The van der Waals surface area contributed by atoms with E-state index in [4.69, 9.17) is 10.6 Å². The van der Waals surface area contributed by atoms with Crippen LogP contribution < -0.4 is 11.3 Å². The van der Waals surface area contributed by atoms with Crippen molar-refractivity contribution >= 4 is 11.7 Å². The van der Waals surface area contributed by atoms with Gasteiger partial charge in [-0.05, 0) is 0 Å². The van der Waals surface area contributed by atoms with E-state index < -0.39 is 5.60 Å². The van der Waals surface area contributed by atoms with Gasteiger partial charge in [0.15, 0.2) is 5.82 Å². The molecule has 1 aromatic heterocycles. The molecule has 1 amide bonds. The summed E-state index contributed by atoms with van der Waals surface area (Å²) in [6.07, 6.45) is 3.77. The van der Waals surface area contributed by atoms with Gasteiger partial charge in [-0.1, -0.05) is 0 Å². The second-order valence-electron chi connectivity index (χ2n) is 4.93. The number of amides is 1. The summed E-state index contributed by atoms with van der Waals surface area (Å²) in [5, 5.41) is 10.4. The Labute approximate surface area is 116 Å². The minimum Gasteiger partial charge on any atom is -0.388 e. The molecule has 1 aliphatic rings. The van der Waals surface area contributed by atoms with Gasteiger partial charge in [0.25, 0.3) is 5.91 Å². The van der Waals surface area contributed by atoms with Crippen molar-refractivity contribution in [3.8, 4) is 0 Å². The van der Waals surface area contributed by atoms with Crippen LogP contribution in [-0.2, 0) is 4.74 Å². The van der Waals surface area contributed by atoms with E-state index in [1.165, 1.54) is 17.3 Å². The minimum absolute atomic E-state index is 0.210. The lowest BCUT2D eigenvalue weighted by Gasteiger charge is -2.35. The Bertz CT molecular complexity index is 459. The van der Waals surface area contributed by atoms with Crippen molar-refractivity contribution in [2.75, 3.05) is 32.2 Å². The smallest absolute Gasteiger partial charge is 0.273 e. The predicted molar refractivity (Wildman–Crippen MR) is 71.8 cm³/mol. The zero-order valence-corrected chi connectivity index (χ0v) is 11.4. The van der Waals surface area contributed by atoms with Crippen molar-refractivity contribution in [2.45, 2.75) is 18.4 Å². The highest BCUT2D eigenvalue weighted by molar-refractivity contribution is 5.91. The number of aliphatic hydroxyl groups is 1. The number of hydrogen-bond donors (Lipinski definition) is 3. The number of likely N-dealkylation sites (N-methyl/N-ethyl adjacent to an activating group) is 1. The number of nitrogens with one attached hydrogen (secondary N) is 1. The van der Waals surface area contributed by atoms with Gasteiger partial charge in [-0.25, -0.2) is 15.8 Å². The molecule has 0 atom stereocenters. The Morgan fingerprint density at radius 3 is 2.75 bits per heavy atom. The highest BCUT2D eigenvalue weighted by atomic mass is 16.5. The molecule has 8 heteroatoms. The number of nitrogens with two attached hydrogens (primary N) is 1. The highest BCUT2D eigenvalue weighted by Gasteiger charge is 2.32. The molecule has 0 bridgehead atoms. The number of carbonyl (C=O) groups is 1. The molecule has 1 fully saturated rings. The fraction of sp³-hybridized carbons (Fsp3) is 0.583. The van der Waals surface area contributed by atoms with Crippen molar-refractivity contribution in [1.82, 2.24) is 14.9 Å². The summed E-state index contributed by atoms with van der Waals surface area (Å²) in [7, 11) is 1.63. The number of anilines is 1. The maximum Gasteiger partial charge on any atom is 0.273 e. The maximum absolute atomic E-state index is 12.2. The topological polar surface area (TPSA) is 114 Å². The summed E-state index contributed by atoms with van der Waals surface area (Å²) in [4.78, 5) is 21.6. The maximum atomic E-state index is 12.2. The van der Waals surface area contributed by atoms with E-state index in [0.717, 1.165) is 0 Å². The van der Waals surface area contributed by atoms with Gasteiger partial charge in [0, 0.05) is 39.6 Å². The van der Waals surface area contributed by atoms with Crippen molar-refractivity contribution in [3.05, 3.63) is 18.1 Å². The third-order valence-electron chi connectivity index (χ3n) is 3.32. The van der Waals surface area contributed by atoms with Crippen LogP contribution in [0.1, 0.15) is 23.3 Å². The van der Waals surface area contributed by atoms with Crippen LogP contribution in [0.3, 0.4) is 0 Å². The lowest BCUT2D eigenvalue weighted by molar-refractivity contribution is -0.0734. The Kier molecular flexibility index (Phi) is 4.48. The third kappa shape index (κ3) is 3.41. The van der Waals surface area contributed by atoms with Crippen molar-refractivity contribution in [2.24, 2.45) is 5.84 Å². The number of hydrogen-bond acceptors (Lipinski definition) is 7. The first-order valence-electron chi connectivity index (χ1n) is 6.38. The fourth-order valence-corrected chi connectivity index (χ4v) is 2.13. The average molecular weight is 281 g/mol. The van der Waals surface area contributed by atoms with Crippen LogP contribution in [0.4, 0.5) is 5.82 Å². The number of carbonyl (C=O) groups excluding carboxylic acids is 1. The Morgan fingerprint density at radius 1 is 1.50 bits per heavy atom. The molecule has 0 spiro atoms. The first kappa shape index (κ1) is 14.6. The van der Waals surface area contributed by atoms with Gasteiger partial charge in [0.05, 0.1) is 18.0 Å². The predicted octanol–water partition coefficient (Wildman–Crippen LogP) is -0.624. The number of rotatable bonds is 4. The van der Waals surface area contributed by atoms with Crippen LogP contribution in [-0.4, -0.2) is 58.3 Å². The van der Waals surface area contributed by atoms with Crippen LogP contribution in [0, 0.1) is 0 Å². The Hall–Kier alpha value is -1.77. The second-order valence-corrected chi connectivity index (χ2v) is 4.93. The van der Waals surface area contributed by atoms with Crippen LogP contribution in [0.15, 0.2) is 12.4 Å². The molecule has 0 unspecified atom stereocenters. The van der Waals surface area contributed by atoms with E-state index in [1.54, 1.807) is 7.05 Å². The fourth-order valence-electron chi connectivity index (χ4n) is 2.13. The van der Waals surface area contributed by atoms with Gasteiger partial charge in [-0.3, -0.25) is 4.79 Å². The normalized spacial score (nSPS) is 17.6.